The SMILES string of the molecule is CC(C)=CCCC(C)C1=CCC2C3CC(OC(=O)c4cccc(N)c4)C4CC(OC(=O)c5cccc(N)c5)CCC4(C)C3CCC12C. The highest BCUT2D eigenvalue weighted by Gasteiger charge is 2.62. The van der Waals surface area contributed by atoms with Crippen LogP contribution in [0.4, 0.5) is 11.4 Å². The second-order valence-corrected chi connectivity index (χ2v) is 15.8. The minimum absolute atomic E-state index is 0.0111. The van der Waals surface area contributed by atoms with E-state index < -0.39 is 0 Å². The Morgan fingerprint density at radius 1 is 0.894 bits per heavy atom. The number of carbonyl (C=O) groups is 2. The molecule has 0 aliphatic heterocycles. The predicted octanol–water partition coefficient (Wildman–Crippen LogP) is 9.17. The highest BCUT2D eigenvalue weighted by molar-refractivity contribution is 5.91. The third-order valence-electron chi connectivity index (χ3n) is 12.7. The average Bonchev–Trinajstić information content (AvgIpc) is 3.39. The highest BCUT2D eigenvalue weighted by Crippen LogP contribution is 2.67. The predicted molar refractivity (Wildman–Crippen MR) is 189 cm³/mol. The Hall–Kier alpha value is -3.54. The van der Waals surface area contributed by atoms with Gasteiger partial charge in [-0.3, -0.25) is 0 Å². The number of hydrogen-bond acceptors (Lipinski definition) is 6. The molecule has 0 saturated heterocycles. The lowest BCUT2D eigenvalue weighted by Crippen LogP contribution is -2.59. The van der Waals surface area contributed by atoms with Crippen molar-refractivity contribution in [1.82, 2.24) is 0 Å². The molecule has 2 aromatic rings. The van der Waals surface area contributed by atoms with Crippen LogP contribution in [0.15, 0.2) is 71.8 Å². The van der Waals surface area contributed by atoms with Crippen molar-refractivity contribution in [3.05, 3.63) is 83.0 Å². The van der Waals surface area contributed by atoms with Crippen LogP contribution in [0, 0.1) is 40.4 Å². The van der Waals surface area contributed by atoms with Crippen LogP contribution in [0.1, 0.15) is 113 Å². The van der Waals surface area contributed by atoms with Gasteiger partial charge in [-0.1, -0.05) is 56.2 Å². The monoisotopic (exact) mass is 638 g/mol. The van der Waals surface area contributed by atoms with Gasteiger partial charge in [0.1, 0.15) is 12.2 Å². The normalized spacial score (nSPS) is 33.3. The van der Waals surface area contributed by atoms with Crippen LogP contribution in [0.5, 0.6) is 0 Å². The molecule has 6 rings (SSSR count). The molecule has 3 fully saturated rings. The summed E-state index contributed by atoms with van der Waals surface area (Å²) in [5, 5.41) is 0. The Bertz CT molecular complexity index is 1560. The Labute approximate surface area is 281 Å². The molecule has 4 aliphatic rings. The van der Waals surface area contributed by atoms with E-state index in [0.717, 1.165) is 32.1 Å². The van der Waals surface area contributed by atoms with Crippen LogP contribution in [0.2, 0.25) is 0 Å². The molecule has 0 bridgehead atoms. The van der Waals surface area contributed by atoms with Crippen molar-refractivity contribution in [3.63, 3.8) is 0 Å². The van der Waals surface area contributed by atoms with Crippen molar-refractivity contribution in [2.45, 2.75) is 105 Å². The fraction of sp³-hybridized carbons (Fsp3) is 0.561. The number of anilines is 2. The lowest BCUT2D eigenvalue weighted by Gasteiger charge is -2.62. The molecule has 0 amide bonds. The van der Waals surface area contributed by atoms with Crippen LogP contribution in [0.25, 0.3) is 0 Å². The van der Waals surface area contributed by atoms with Gasteiger partial charge in [0.15, 0.2) is 0 Å². The second-order valence-electron chi connectivity index (χ2n) is 15.8. The third-order valence-corrected chi connectivity index (χ3v) is 12.7. The van der Waals surface area contributed by atoms with E-state index in [1.807, 2.05) is 0 Å². The second kappa shape index (κ2) is 13.2. The van der Waals surface area contributed by atoms with Gasteiger partial charge >= 0.3 is 11.9 Å². The van der Waals surface area contributed by atoms with E-state index >= 15 is 0 Å². The van der Waals surface area contributed by atoms with Crippen molar-refractivity contribution < 1.29 is 19.1 Å². The molecule has 4 aliphatic carbocycles. The number of ether oxygens (including phenoxy) is 2. The van der Waals surface area contributed by atoms with E-state index in [2.05, 4.69) is 46.8 Å². The first-order valence-electron chi connectivity index (χ1n) is 17.9. The molecular weight excluding hydrogens is 584 g/mol. The van der Waals surface area contributed by atoms with Crippen LogP contribution in [0.3, 0.4) is 0 Å². The summed E-state index contributed by atoms with van der Waals surface area (Å²) < 4.78 is 12.7. The van der Waals surface area contributed by atoms with Gasteiger partial charge in [0.05, 0.1) is 11.1 Å². The van der Waals surface area contributed by atoms with Gasteiger partial charge in [-0.2, -0.15) is 0 Å². The third kappa shape index (κ3) is 6.49. The molecule has 0 spiro atoms. The van der Waals surface area contributed by atoms with Gasteiger partial charge in [0.25, 0.3) is 0 Å². The van der Waals surface area contributed by atoms with Crippen molar-refractivity contribution in [2.75, 3.05) is 11.5 Å². The molecular formula is C41H54N2O4. The summed E-state index contributed by atoms with van der Waals surface area (Å²) in [7, 11) is 0. The molecule has 0 aromatic heterocycles. The first-order chi connectivity index (χ1) is 22.4. The lowest BCUT2D eigenvalue weighted by atomic mass is 9.43. The number of rotatable bonds is 8. The van der Waals surface area contributed by atoms with E-state index in [0.29, 0.717) is 52.6 Å². The number of hydrogen-bond donors (Lipinski definition) is 2. The van der Waals surface area contributed by atoms with Crippen LogP contribution in [-0.2, 0) is 9.47 Å². The van der Waals surface area contributed by atoms with E-state index in [4.69, 9.17) is 20.9 Å². The standard InChI is InChI=1S/C41H54N2O4/c1-25(2)9-6-10-26(3)33-15-16-34-32-24-37(47-39(45)28-12-8-14-30(43)22-28)36-23-31(46-38(44)27-11-7-13-29(42)21-27)17-19-41(36,5)35(32)18-20-40(33,34)4/h7-9,11-15,21-22,26,31-32,34-37H,6,10,16-20,23-24,42-43H2,1-5H3. The zero-order valence-electron chi connectivity index (χ0n) is 29.0. The van der Waals surface area contributed by atoms with Crippen LogP contribution in [-0.4, -0.2) is 24.1 Å². The molecule has 6 heteroatoms. The fourth-order valence-electron chi connectivity index (χ4n) is 10.4. The van der Waals surface area contributed by atoms with Gasteiger partial charge in [-0.25, -0.2) is 9.59 Å². The van der Waals surface area contributed by atoms with E-state index in [1.165, 1.54) is 24.8 Å². The van der Waals surface area contributed by atoms with Gasteiger partial charge in [-0.05, 0) is 143 Å². The van der Waals surface area contributed by atoms with Crippen molar-refractivity contribution in [1.29, 1.82) is 0 Å². The first kappa shape index (κ1) is 33.4. The van der Waals surface area contributed by atoms with Gasteiger partial charge < -0.3 is 20.9 Å². The Balaban J connectivity index is 1.26. The molecule has 6 nitrogen and oxygen atoms in total. The molecule has 47 heavy (non-hydrogen) atoms. The smallest absolute Gasteiger partial charge is 0.338 e. The van der Waals surface area contributed by atoms with E-state index in [1.54, 1.807) is 54.1 Å². The van der Waals surface area contributed by atoms with Gasteiger partial charge in [-0.15, -0.1) is 0 Å². The maximum atomic E-state index is 13.7. The number of allylic oxidation sites excluding steroid dienone is 4. The van der Waals surface area contributed by atoms with E-state index in [-0.39, 0.29) is 40.9 Å². The number of nitrogen functional groups attached to an aromatic ring is 2. The minimum atomic E-state index is -0.343. The number of fused-ring (bicyclic) bond motifs is 5. The van der Waals surface area contributed by atoms with Gasteiger partial charge in [0, 0.05) is 17.3 Å². The van der Waals surface area contributed by atoms with Crippen molar-refractivity contribution in [3.8, 4) is 0 Å². The van der Waals surface area contributed by atoms with Crippen LogP contribution < -0.4 is 11.5 Å². The molecule has 9 unspecified atom stereocenters. The first-order valence-corrected chi connectivity index (χ1v) is 17.9. The lowest BCUT2D eigenvalue weighted by molar-refractivity contribution is -0.168. The molecule has 4 N–H and O–H groups in total. The molecule has 252 valence electrons. The maximum absolute atomic E-state index is 13.7. The highest BCUT2D eigenvalue weighted by atomic mass is 16.6. The van der Waals surface area contributed by atoms with Crippen molar-refractivity contribution in [2.24, 2.45) is 40.4 Å². The number of esters is 2. The number of nitrogens with two attached hydrogens (primary N) is 2. The van der Waals surface area contributed by atoms with Crippen molar-refractivity contribution >= 4 is 23.3 Å². The minimum Gasteiger partial charge on any atom is -0.459 e. The van der Waals surface area contributed by atoms with Gasteiger partial charge in [0.2, 0.25) is 0 Å². The fourth-order valence-corrected chi connectivity index (χ4v) is 10.4. The molecule has 2 aromatic carbocycles. The summed E-state index contributed by atoms with van der Waals surface area (Å²) in [5.41, 5.74) is 17.3. The summed E-state index contributed by atoms with van der Waals surface area (Å²) >= 11 is 0. The molecule has 3 saturated carbocycles. The Morgan fingerprint density at radius 2 is 1.55 bits per heavy atom. The maximum Gasteiger partial charge on any atom is 0.338 e. The number of benzene rings is 2. The number of carbonyl (C=O) groups excluding carboxylic acids is 2. The average molecular weight is 639 g/mol. The quantitative estimate of drug-likeness (QED) is 0.170. The molecule has 0 heterocycles. The molecule has 9 atom stereocenters. The largest absolute Gasteiger partial charge is 0.459 e. The van der Waals surface area contributed by atoms with E-state index in [9.17, 15) is 9.59 Å². The Kier molecular flexibility index (Phi) is 9.34. The zero-order valence-corrected chi connectivity index (χ0v) is 29.0. The summed E-state index contributed by atoms with van der Waals surface area (Å²) in [4.78, 5) is 26.8. The summed E-state index contributed by atoms with van der Waals surface area (Å²) in [6, 6.07) is 14.0. The van der Waals surface area contributed by atoms with Crippen LogP contribution >= 0.6 is 0 Å². The Morgan fingerprint density at radius 3 is 2.19 bits per heavy atom. The summed E-state index contributed by atoms with van der Waals surface area (Å²) in [5.74, 6) is 1.57. The summed E-state index contributed by atoms with van der Waals surface area (Å²) in [6.45, 7) is 11.8. The topological polar surface area (TPSA) is 105 Å². The zero-order chi connectivity index (χ0) is 33.5. The summed E-state index contributed by atoms with van der Waals surface area (Å²) in [6.07, 6.45) is 13.6. The molecule has 0 radical (unpaired) electrons.